The average molecular weight is 447 g/mol. The van der Waals surface area contributed by atoms with Crippen molar-refractivity contribution in [1.29, 1.82) is 0 Å². The van der Waals surface area contributed by atoms with Crippen LogP contribution in [0.2, 0.25) is 0 Å². The second-order valence-corrected chi connectivity index (χ2v) is 9.29. The topological polar surface area (TPSA) is 87.8 Å². The number of anilines is 1. The third-order valence-corrected chi connectivity index (χ3v) is 6.98. The molecule has 0 saturated heterocycles. The van der Waals surface area contributed by atoms with Crippen molar-refractivity contribution in [2.24, 2.45) is 16.6 Å². The third-order valence-electron chi connectivity index (χ3n) is 6.98. The molecule has 1 saturated carbocycles. The van der Waals surface area contributed by atoms with E-state index in [9.17, 15) is 9.59 Å². The molecular weight excluding hydrogens is 412 g/mol. The minimum Gasteiger partial charge on any atom is -0.356 e. The number of nitrogens with two attached hydrogens (primary N) is 1. The van der Waals surface area contributed by atoms with Gasteiger partial charge in [-0.05, 0) is 25.3 Å². The molecule has 6 heteroatoms. The van der Waals surface area contributed by atoms with E-state index in [4.69, 9.17) is 10.7 Å². The van der Waals surface area contributed by atoms with E-state index in [-0.39, 0.29) is 11.7 Å². The first-order valence-electron chi connectivity index (χ1n) is 12.0. The quantitative estimate of drug-likeness (QED) is 0.679. The zero-order valence-electron chi connectivity index (χ0n) is 19.5. The minimum absolute atomic E-state index is 0.0751. The molecule has 1 fully saturated rings. The summed E-state index contributed by atoms with van der Waals surface area (Å²) >= 11 is 0. The lowest BCUT2D eigenvalue weighted by Gasteiger charge is -2.30. The minimum atomic E-state index is -0.803. The fraction of sp³-hybridized carbons (Fsp3) is 0.444. The van der Waals surface area contributed by atoms with Gasteiger partial charge in [-0.3, -0.25) is 14.6 Å². The number of carbonyl (C=O) groups excluding carboxylic acids is 2. The van der Waals surface area contributed by atoms with Crippen LogP contribution in [0.3, 0.4) is 0 Å². The van der Waals surface area contributed by atoms with Crippen LogP contribution in [0.25, 0.3) is 0 Å². The Morgan fingerprint density at radius 2 is 1.76 bits per heavy atom. The Morgan fingerprint density at radius 3 is 2.48 bits per heavy atom. The molecule has 3 N–H and O–H groups in total. The number of benzodiazepines with no additional fused rings is 1. The van der Waals surface area contributed by atoms with Crippen molar-refractivity contribution < 1.29 is 9.59 Å². The second-order valence-electron chi connectivity index (χ2n) is 9.29. The van der Waals surface area contributed by atoms with Gasteiger partial charge in [-0.1, -0.05) is 74.2 Å². The molecule has 2 aromatic rings. The van der Waals surface area contributed by atoms with Crippen LogP contribution in [0, 0.1) is 5.92 Å². The smallest absolute Gasteiger partial charge is 0.220 e. The molecule has 4 rings (SSSR count). The predicted molar refractivity (Wildman–Crippen MR) is 132 cm³/mol. The van der Waals surface area contributed by atoms with Crippen LogP contribution in [0.15, 0.2) is 59.6 Å². The zero-order chi connectivity index (χ0) is 23.4. The van der Waals surface area contributed by atoms with Crippen molar-refractivity contribution in [3.63, 3.8) is 0 Å². The van der Waals surface area contributed by atoms with Gasteiger partial charge in [0.1, 0.15) is 12.2 Å². The van der Waals surface area contributed by atoms with Gasteiger partial charge in [0.15, 0.2) is 5.78 Å². The normalized spacial score (nSPS) is 21.7. The molecule has 1 aliphatic carbocycles. The van der Waals surface area contributed by atoms with Gasteiger partial charge in [0.2, 0.25) is 5.91 Å². The molecule has 0 spiro atoms. The monoisotopic (exact) mass is 446 g/mol. The number of benzene rings is 2. The number of aliphatic imine (C=N–C) groups is 1. The van der Waals surface area contributed by atoms with Gasteiger partial charge in [-0.15, -0.1) is 0 Å². The Balaban J connectivity index is 1.56. The number of rotatable bonds is 7. The number of carbonyl (C=O) groups is 2. The largest absolute Gasteiger partial charge is 0.356 e. The van der Waals surface area contributed by atoms with Crippen LogP contribution < -0.4 is 16.0 Å². The van der Waals surface area contributed by atoms with Gasteiger partial charge in [0, 0.05) is 30.3 Å². The number of Topliss-reactive ketones (excluding diaryl/α,β-unsaturated/α-hetero) is 1. The van der Waals surface area contributed by atoms with Crippen LogP contribution in [0.1, 0.15) is 56.6 Å². The second kappa shape index (κ2) is 10.3. The Hall–Kier alpha value is -2.99. The van der Waals surface area contributed by atoms with E-state index in [1.807, 2.05) is 66.5 Å². The third kappa shape index (κ3) is 5.17. The van der Waals surface area contributed by atoms with Crippen LogP contribution in [0.4, 0.5) is 5.69 Å². The standard InChI is InChI=1S/C27H34N4O2/c1-18(29-23(32)17-16-19-10-6-7-11-19)26(33)25-27(28)31(2)22-15-9-8-14-21(22)24(30-25)20-12-4-3-5-13-20/h3-5,8-9,12-15,18-19,25,27H,6-7,10-11,16-17,28H2,1-2H3,(H,29,32)/t18?,25?,27-/m0/s1. The van der Waals surface area contributed by atoms with E-state index in [0.717, 1.165) is 28.9 Å². The van der Waals surface area contributed by atoms with Crippen LogP contribution in [-0.2, 0) is 9.59 Å². The van der Waals surface area contributed by atoms with Crippen molar-refractivity contribution in [2.75, 3.05) is 11.9 Å². The summed E-state index contributed by atoms with van der Waals surface area (Å²) in [6.07, 6.45) is 5.66. The van der Waals surface area contributed by atoms with Crippen molar-refractivity contribution in [3.05, 3.63) is 65.7 Å². The molecule has 1 aliphatic heterocycles. The van der Waals surface area contributed by atoms with Gasteiger partial charge in [-0.25, -0.2) is 0 Å². The fourth-order valence-corrected chi connectivity index (χ4v) is 4.97. The number of ketones is 1. The summed E-state index contributed by atoms with van der Waals surface area (Å²) in [4.78, 5) is 32.9. The van der Waals surface area contributed by atoms with Crippen molar-refractivity contribution in [1.82, 2.24) is 5.32 Å². The van der Waals surface area contributed by atoms with E-state index in [1.165, 1.54) is 25.7 Å². The molecule has 0 bridgehead atoms. The Kier molecular flexibility index (Phi) is 7.23. The van der Waals surface area contributed by atoms with Crippen molar-refractivity contribution >= 4 is 23.1 Å². The summed E-state index contributed by atoms with van der Waals surface area (Å²) in [5, 5.41) is 2.90. The summed E-state index contributed by atoms with van der Waals surface area (Å²) in [6.45, 7) is 1.73. The van der Waals surface area contributed by atoms with E-state index in [1.54, 1.807) is 6.92 Å². The number of hydrogen-bond acceptors (Lipinski definition) is 5. The zero-order valence-corrected chi connectivity index (χ0v) is 19.5. The first kappa shape index (κ1) is 23.2. The van der Waals surface area contributed by atoms with Gasteiger partial charge in [0.05, 0.1) is 11.8 Å². The summed E-state index contributed by atoms with van der Waals surface area (Å²) < 4.78 is 0. The molecule has 2 aliphatic rings. The lowest BCUT2D eigenvalue weighted by atomic mass is 10.00. The van der Waals surface area contributed by atoms with E-state index < -0.39 is 18.2 Å². The average Bonchev–Trinajstić information content (AvgIpc) is 3.33. The molecule has 1 heterocycles. The lowest BCUT2D eigenvalue weighted by Crippen LogP contribution is -2.55. The number of hydrogen-bond donors (Lipinski definition) is 2. The first-order chi connectivity index (χ1) is 16.0. The first-order valence-corrected chi connectivity index (χ1v) is 12.0. The molecule has 1 amide bonds. The van der Waals surface area contributed by atoms with Gasteiger partial charge >= 0.3 is 0 Å². The van der Waals surface area contributed by atoms with Gasteiger partial charge < -0.3 is 16.0 Å². The maximum atomic E-state index is 13.5. The van der Waals surface area contributed by atoms with Crippen LogP contribution in [-0.4, -0.2) is 42.7 Å². The number of amides is 1. The number of likely N-dealkylation sites (N-methyl/N-ethyl adjacent to an activating group) is 1. The molecule has 0 aromatic heterocycles. The molecule has 0 radical (unpaired) electrons. The summed E-state index contributed by atoms with van der Waals surface area (Å²) in [5.74, 6) is 0.390. The summed E-state index contributed by atoms with van der Waals surface area (Å²) in [5.41, 5.74) is 10.1. The fourth-order valence-electron chi connectivity index (χ4n) is 4.97. The highest BCUT2D eigenvalue weighted by molar-refractivity contribution is 6.17. The highest BCUT2D eigenvalue weighted by atomic mass is 16.2. The van der Waals surface area contributed by atoms with E-state index >= 15 is 0 Å². The van der Waals surface area contributed by atoms with E-state index in [2.05, 4.69) is 5.32 Å². The lowest BCUT2D eigenvalue weighted by molar-refractivity contribution is -0.128. The molecule has 2 aromatic carbocycles. The molecule has 2 unspecified atom stereocenters. The predicted octanol–water partition coefficient (Wildman–Crippen LogP) is 3.67. The Labute approximate surface area is 196 Å². The maximum absolute atomic E-state index is 13.5. The SMILES string of the molecule is CC(NC(=O)CCC1CCCC1)C(=O)C1N=C(c2ccccc2)c2ccccc2N(C)[C@@H]1N. The molecule has 33 heavy (non-hydrogen) atoms. The molecule has 6 nitrogen and oxygen atoms in total. The highest BCUT2D eigenvalue weighted by Crippen LogP contribution is 2.30. The number of para-hydroxylation sites is 1. The number of nitrogens with one attached hydrogen (secondary N) is 1. The van der Waals surface area contributed by atoms with E-state index in [0.29, 0.717) is 12.3 Å². The van der Waals surface area contributed by atoms with Crippen LogP contribution >= 0.6 is 0 Å². The Bertz CT molecular complexity index is 1010. The molecule has 174 valence electrons. The van der Waals surface area contributed by atoms with Gasteiger partial charge in [0.25, 0.3) is 0 Å². The van der Waals surface area contributed by atoms with Gasteiger partial charge in [-0.2, -0.15) is 0 Å². The maximum Gasteiger partial charge on any atom is 0.220 e. The number of nitrogens with zero attached hydrogens (tertiary/aromatic N) is 2. The summed E-state index contributed by atoms with van der Waals surface area (Å²) in [6, 6.07) is 16.3. The van der Waals surface area contributed by atoms with Crippen LogP contribution in [0.5, 0.6) is 0 Å². The van der Waals surface area contributed by atoms with Crippen molar-refractivity contribution in [3.8, 4) is 0 Å². The highest BCUT2D eigenvalue weighted by Gasteiger charge is 2.36. The molecular formula is C27H34N4O2. The number of fused-ring (bicyclic) bond motifs is 1. The summed E-state index contributed by atoms with van der Waals surface area (Å²) in [7, 11) is 1.89. The van der Waals surface area contributed by atoms with Crippen molar-refractivity contribution in [2.45, 2.75) is 63.7 Å². The molecule has 3 atom stereocenters. The Morgan fingerprint density at radius 1 is 1.09 bits per heavy atom.